The lowest BCUT2D eigenvalue weighted by molar-refractivity contribution is 0.0101. The molecule has 0 aromatic rings. The summed E-state index contributed by atoms with van der Waals surface area (Å²) in [5.41, 5.74) is 0. The lowest BCUT2D eigenvalue weighted by atomic mass is 10.4. The van der Waals surface area contributed by atoms with Gasteiger partial charge in [0.25, 0.3) is 0 Å². The van der Waals surface area contributed by atoms with Gasteiger partial charge in [-0.05, 0) is 0 Å². The number of aliphatic hydroxyl groups is 5. The Morgan fingerprint density at radius 2 is 0.784 bits per heavy atom. The number of phosphoric acid groups is 3. The molecule has 3 unspecified atom stereocenters. The first kappa shape index (κ1) is 37.3. The molecule has 0 aromatic heterocycles. The number of phosphoric ester groups is 3. The lowest BCUT2D eigenvalue weighted by Gasteiger charge is -2.20. The quantitative estimate of drug-likeness (QED) is 0.0564. The average molecular weight is 632 g/mol. The topological polar surface area (TPSA) is 315 Å². The fourth-order valence-corrected chi connectivity index (χ4v) is 4.57. The van der Waals surface area contributed by atoms with Gasteiger partial charge < -0.3 is 54.2 Å². The number of hydrogen-bond acceptors (Lipinski definition) is 16. The van der Waals surface area contributed by atoms with E-state index in [0.717, 1.165) is 6.66 Å². The first-order valence-electron chi connectivity index (χ1n) is 9.89. The molecule has 7 atom stereocenters. The largest absolute Gasteiger partial charge is 0.472 e. The van der Waals surface area contributed by atoms with Crippen LogP contribution in [0.2, 0.25) is 0 Å². The summed E-state index contributed by atoms with van der Waals surface area (Å²) in [7, 11) is -18.3. The predicted molar refractivity (Wildman–Crippen MR) is 118 cm³/mol. The smallest absolute Gasteiger partial charge is 0.394 e. The molecule has 0 bridgehead atoms. The molecule has 0 aliphatic carbocycles. The summed E-state index contributed by atoms with van der Waals surface area (Å²) in [6, 6.07) is 0. The predicted octanol–water partition coefficient (Wildman–Crippen LogP) is -2.35. The van der Waals surface area contributed by atoms with Crippen molar-refractivity contribution in [2.24, 2.45) is 0 Å². The molecule has 0 aliphatic heterocycles. The molecule has 224 valence electrons. The third-order valence-electron chi connectivity index (χ3n) is 3.37. The van der Waals surface area contributed by atoms with E-state index in [4.69, 9.17) is 29.0 Å². The molecule has 0 heterocycles. The van der Waals surface area contributed by atoms with Crippen molar-refractivity contribution < 1.29 is 95.0 Å². The van der Waals surface area contributed by atoms with Crippen molar-refractivity contribution in [3.8, 4) is 0 Å². The molecule has 0 radical (unpaired) electrons. The van der Waals surface area contributed by atoms with Crippen molar-refractivity contribution in [2.75, 3.05) is 59.5 Å². The third-order valence-corrected chi connectivity index (χ3v) is 6.99. The second kappa shape index (κ2) is 17.2. The van der Waals surface area contributed by atoms with E-state index in [0.29, 0.717) is 0 Å². The molecule has 0 saturated carbocycles. The maximum atomic E-state index is 12.2. The van der Waals surface area contributed by atoms with E-state index in [2.05, 4.69) is 22.6 Å². The summed E-state index contributed by atoms with van der Waals surface area (Å²) in [5.74, 6) is 0. The van der Waals surface area contributed by atoms with Crippen molar-refractivity contribution in [2.45, 2.75) is 24.4 Å². The van der Waals surface area contributed by atoms with E-state index >= 15 is 0 Å². The molecule has 0 aliphatic rings. The highest BCUT2D eigenvalue weighted by Crippen LogP contribution is 2.46. The van der Waals surface area contributed by atoms with E-state index in [1.165, 1.54) is 0 Å². The van der Waals surface area contributed by atoms with Gasteiger partial charge in [0.15, 0.2) is 0 Å². The van der Waals surface area contributed by atoms with Crippen LogP contribution in [-0.2, 0) is 49.9 Å². The van der Waals surface area contributed by atoms with Crippen molar-refractivity contribution >= 4 is 31.1 Å². The van der Waals surface area contributed by atoms with Crippen molar-refractivity contribution in [3.63, 3.8) is 0 Å². The van der Waals surface area contributed by atoms with E-state index in [1.54, 1.807) is 0 Å². The molecule has 0 rings (SSSR count). The third kappa shape index (κ3) is 21.7. The molecule has 20 nitrogen and oxygen atoms in total. The monoisotopic (exact) mass is 632 g/mol. The van der Waals surface area contributed by atoms with Gasteiger partial charge in [-0.3, -0.25) is 27.2 Å². The van der Waals surface area contributed by atoms with Crippen LogP contribution in [-0.4, -0.2) is 129 Å². The van der Waals surface area contributed by atoms with Gasteiger partial charge in [0.1, 0.15) is 24.4 Å². The lowest BCUT2D eigenvalue weighted by Crippen LogP contribution is -2.24. The van der Waals surface area contributed by atoms with Crippen molar-refractivity contribution in [1.29, 1.82) is 0 Å². The summed E-state index contributed by atoms with van der Waals surface area (Å²) in [6.07, 6.45) is -6.39. The molecule has 24 heteroatoms. The van der Waals surface area contributed by atoms with Gasteiger partial charge in [-0.1, -0.05) is 0 Å². The Labute approximate surface area is 210 Å². The molecule has 0 amide bonds. The highest BCUT2D eigenvalue weighted by molar-refractivity contribution is 7.53. The molecular formula is C13H32O20P4. The minimum atomic E-state index is -4.88. The van der Waals surface area contributed by atoms with Gasteiger partial charge in [-0.15, -0.1) is 0 Å². The highest BCUT2D eigenvalue weighted by Gasteiger charge is 2.28. The maximum Gasteiger partial charge on any atom is 0.472 e. The van der Waals surface area contributed by atoms with Gasteiger partial charge in [0.2, 0.25) is 0 Å². The van der Waals surface area contributed by atoms with Crippen LogP contribution in [0.4, 0.5) is 0 Å². The summed E-state index contributed by atoms with van der Waals surface area (Å²) in [5, 5.41) is 46.5. The van der Waals surface area contributed by atoms with Gasteiger partial charge in [-0.2, -0.15) is 0 Å². The Hall–Kier alpha value is 0.280. The van der Waals surface area contributed by atoms with Crippen LogP contribution in [0.5, 0.6) is 0 Å². The van der Waals surface area contributed by atoms with E-state index in [-0.39, 0.29) is 0 Å². The zero-order chi connectivity index (χ0) is 28.9. The zero-order valence-electron chi connectivity index (χ0n) is 19.3. The van der Waals surface area contributed by atoms with Crippen LogP contribution < -0.4 is 0 Å². The van der Waals surface area contributed by atoms with Gasteiger partial charge in [0.05, 0.1) is 52.9 Å². The minimum Gasteiger partial charge on any atom is -0.394 e. The second-order valence-corrected chi connectivity index (χ2v) is 13.3. The Kier molecular flexibility index (Phi) is 17.3. The Morgan fingerprint density at radius 1 is 0.514 bits per heavy atom. The van der Waals surface area contributed by atoms with Crippen LogP contribution >= 0.6 is 31.1 Å². The fraction of sp³-hybridized carbons (Fsp3) is 1.00. The van der Waals surface area contributed by atoms with Gasteiger partial charge in [0, 0.05) is 6.66 Å². The molecular weight excluding hydrogens is 600 g/mol. The van der Waals surface area contributed by atoms with Crippen LogP contribution in [0.25, 0.3) is 0 Å². The van der Waals surface area contributed by atoms with E-state index in [1.807, 2.05) is 0 Å². The number of rotatable bonds is 22. The van der Waals surface area contributed by atoms with Gasteiger partial charge in [-0.25, -0.2) is 13.7 Å². The summed E-state index contributed by atoms with van der Waals surface area (Å²) >= 11 is 0. The van der Waals surface area contributed by atoms with Crippen LogP contribution in [0.1, 0.15) is 0 Å². The standard InChI is InChI=1S/C13H32O20P4/c1-34(19,27-4-11(16)7-31-36(23,24)30-3-10(15)2-14)28-5-12(17)8-32-37(25,26)33-9-13(18)6-29-35(20,21)22/h10-18H,2-9H2,1H3,(H,23,24)(H,25,26)(H2,20,21,22)/t10-,11+,12-,13+,34?/m0/s1. The normalized spacial score (nSPS) is 20.8. The molecule has 0 saturated heterocycles. The van der Waals surface area contributed by atoms with Gasteiger partial charge >= 0.3 is 31.1 Å². The van der Waals surface area contributed by atoms with Crippen LogP contribution in [0.3, 0.4) is 0 Å². The van der Waals surface area contributed by atoms with E-state index < -0.39 is 108 Å². The minimum absolute atomic E-state index is 0.727. The van der Waals surface area contributed by atoms with Crippen LogP contribution in [0.15, 0.2) is 0 Å². The second-order valence-electron chi connectivity index (χ2n) is 7.07. The maximum absolute atomic E-state index is 12.2. The fourth-order valence-electron chi connectivity index (χ4n) is 1.66. The average Bonchev–Trinajstić information content (AvgIpc) is 2.79. The molecule has 0 spiro atoms. The molecule has 37 heavy (non-hydrogen) atoms. The Morgan fingerprint density at radius 3 is 1.08 bits per heavy atom. The Bertz CT molecular complexity index is 833. The number of aliphatic hydroxyl groups excluding tert-OH is 5. The van der Waals surface area contributed by atoms with E-state index in [9.17, 15) is 43.4 Å². The van der Waals surface area contributed by atoms with Crippen LogP contribution in [0, 0.1) is 0 Å². The molecule has 0 aromatic carbocycles. The Balaban J connectivity index is 4.29. The molecule has 9 N–H and O–H groups in total. The number of hydrogen-bond donors (Lipinski definition) is 9. The van der Waals surface area contributed by atoms with Crippen molar-refractivity contribution in [3.05, 3.63) is 0 Å². The highest BCUT2D eigenvalue weighted by atomic mass is 31.2. The SMILES string of the molecule is CP(=O)(OC[C@@H](O)COP(=O)(O)OC[C@@H](O)CO)OC[C@H](O)COP(=O)(O)OC[C@H](O)COP(=O)(O)O. The zero-order valence-corrected chi connectivity index (χ0v) is 22.8. The first-order valence-corrected chi connectivity index (χ1v) is 16.4. The first-order chi connectivity index (χ1) is 16.8. The summed E-state index contributed by atoms with van der Waals surface area (Å²) < 4.78 is 77.1. The molecule has 0 fully saturated rings. The van der Waals surface area contributed by atoms with Crippen molar-refractivity contribution in [1.82, 2.24) is 0 Å². The summed E-state index contributed by atoms with van der Waals surface area (Å²) in [4.78, 5) is 35.8. The summed E-state index contributed by atoms with van der Waals surface area (Å²) in [6.45, 7) is -5.58.